The molecule has 0 amide bonds. The van der Waals surface area contributed by atoms with Gasteiger partial charge in [-0.2, -0.15) is 0 Å². The molecular formula is C10H12N5Na2O7P. The van der Waals surface area contributed by atoms with Crippen LogP contribution < -0.4 is 74.6 Å². The normalized spacial score (nSPS) is 26.2. The Balaban J connectivity index is 0.00000156. The van der Waals surface area contributed by atoms with Gasteiger partial charge in [-0.05, 0) is 0 Å². The molecule has 1 fully saturated rings. The van der Waals surface area contributed by atoms with E-state index < -0.39 is 39.0 Å². The summed E-state index contributed by atoms with van der Waals surface area (Å²) in [5, 5.41) is 20.0. The first kappa shape index (κ1) is 23.4. The van der Waals surface area contributed by atoms with E-state index in [0.717, 1.165) is 0 Å². The van der Waals surface area contributed by atoms with Gasteiger partial charge in [-0.25, -0.2) is 15.0 Å². The molecule has 3 heterocycles. The van der Waals surface area contributed by atoms with Gasteiger partial charge in [-0.3, -0.25) is 4.57 Å². The number of nitrogen functional groups attached to an aromatic ring is 1. The number of aliphatic hydroxyl groups is 2. The monoisotopic (exact) mass is 391 g/mol. The third-order valence-electron chi connectivity index (χ3n) is 3.40. The van der Waals surface area contributed by atoms with Crippen LogP contribution in [-0.4, -0.2) is 54.7 Å². The van der Waals surface area contributed by atoms with Gasteiger partial charge in [0.15, 0.2) is 17.7 Å². The maximum absolute atomic E-state index is 10.5. The van der Waals surface area contributed by atoms with E-state index in [9.17, 15) is 24.6 Å². The first-order valence-corrected chi connectivity index (χ1v) is 7.85. The van der Waals surface area contributed by atoms with Crippen molar-refractivity contribution in [1.82, 2.24) is 19.5 Å². The molecule has 3 rings (SSSR count). The number of ether oxygens (including phenoxy) is 1. The molecule has 2 aromatic heterocycles. The Morgan fingerprint density at radius 1 is 1.28 bits per heavy atom. The molecule has 1 saturated heterocycles. The molecule has 12 nitrogen and oxygen atoms in total. The van der Waals surface area contributed by atoms with E-state index in [2.05, 4.69) is 19.5 Å². The molecule has 0 bridgehead atoms. The van der Waals surface area contributed by atoms with Gasteiger partial charge in [0.05, 0.1) is 20.8 Å². The fourth-order valence-electron chi connectivity index (χ4n) is 2.32. The smallest absolute Gasteiger partial charge is 0.790 e. The first-order chi connectivity index (χ1) is 10.8. The van der Waals surface area contributed by atoms with E-state index in [0.29, 0.717) is 0 Å². The molecule has 1 aliphatic rings. The van der Waals surface area contributed by atoms with Gasteiger partial charge in [0.2, 0.25) is 0 Å². The fraction of sp³-hybridized carbons (Fsp3) is 0.500. The minimum absolute atomic E-state index is 0. The topological polar surface area (TPSA) is 192 Å². The van der Waals surface area contributed by atoms with E-state index in [1.165, 1.54) is 17.2 Å². The van der Waals surface area contributed by atoms with E-state index in [1.54, 1.807) is 0 Å². The van der Waals surface area contributed by atoms with Crippen LogP contribution in [0.3, 0.4) is 0 Å². The molecular weight excluding hydrogens is 379 g/mol. The molecule has 0 radical (unpaired) electrons. The minimum atomic E-state index is -5.22. The van der Waals surface area contributed by atoms with Crippen LogP contribution in [0, 0.1) is 0 Å². The summed E-state index contributed by atoms with van der Waals surface area (Å²) in [7, 11) is -5.22. The van der Waals surface area contributed by atoms with Gasteiger partial charge in [0, 0.05) is 0 Å². The molecule has 2 unspecified atom stereocenters. The van der Waals surface area contributed by atoms with Crippen molar-refractivity contribution in [3.63, 3.8) is 0 Å². The third kappa shape index (κ3) is 4.99. The largest absolute Gasteiger partial charge is 1.00 e. The number of phosphoric ester groups is 1. The number of fused-ring (bicyclic) bond motifs is 1. The molecule has 0 saturated carbocycles. The molecule has 4 N–H and O–H groups in total. The maximum atomic E-state index is 10.5. The van der Waals surface area contributed by atoms with Crippen LogP contribution in [0.4, 0.5) is 5.82 Å². The van der Waals surface area contributed by atoms with Crippen molar-refractivity contribution in [2.45, 2.75) is 24.5 Å². The molecule has 2 aromatic rings. The van der Waals surface area contributed by atoms with E-state index >= 15 is 0 Å². The Hall–Kier alpha value is 0.340. The summed E-state index contributed by atoms with van der Waals surface area (Å²) in [6.45, 7) is -0.719. The van der Waals surface area contributed by atoms with Crippen LogP contribution in [0.25, 0.3) is 11.2 Å². The van der Waals surface area contributed by atoms with Crippen molar-refractivity contribution < 1.29 is 92.9 Å². The Bertz CT molecular complexity index is 773. The zero-order valence-corrected chi connectivity index (χ0v) is 18.3. The standard InChI is InChI=1S/C10H14N5O7P.2Na/c11-8-5-9(13-2-12-8)15(3-14-5)10-7(17)6(16)4(22-10)1-21-23(18,19)20;;/h2-4,6-7,10,16-17H,1H2,(H2,11,12,13)(H2,18,19,20);;/q;2*+1/p-2/t4-,6?,7?,10-;;/m1../s1. The Morgan fingerprint density at radius 2 is 1.96 bits per heavy atom. The number of nitrogens with two attached hydrogens (primary N) is 1. The van der Waals surface area contributed by atoms with Crippen LogP contribution in [0.5, 0.6) is 0 Å². The summed E-state index contributed by atoms with van der Waals surface area (Å²) in [4.78, 5) is 32.8. The van der Waals surface area contributed by atoms with E-state index in [1.807, 2.05) is 0 Å². The molecule has 0 spiro atoms. The SMILES string of the molecule is Nc1ncnc2c1ncn2[C@@H]1O[C@H](COP(=O)([O-])[O-])C(O)C1O.[Na+].[Na+]. The van der Waals surface area contributed by atoms with Crippen LogP contribution in [0.2, 0.25) is 0 Å². The number of hydrogen-bond donors (Lipinski definition) is 3. The van der Waals surface area contributed by atoms with E-state index in [4.69, 9.17) is 10.5 Å². The average Bonchev–Trinajstić information content (AvgIpc) is 3.01. The van der Waals surface area contributed by atoms with Gasteiger partial charge >= 0.3 is 59.1 Å². The van der Waals surface area contributed by atoms with Crippen molar-refractivity contribution in [3.8, 4) is 0 Å². The zero-order chi connectivity index (χ0) is 16.8. The number of aromatic nitrogens is 4. The van der Waals surface area contributed by atoms with Crippen molar-refractivity contribution in [1.29, 1.82) is 0 Å². The number of phosphoric acid groups is 1. The van der Waals surface area contributed by atoms with Crippen molar-refractivity contribution in [2.24, 2.45) is 0 Å². The molecule has 1 aliphatic heterocycles. The minimum Gasteiger partial charge on any atom is -0.790 e. The number of imidazole rings is 1. The molecule has 15 heteroatoms. The van der Waals surface area contributed by atoms with Crippen LogP contribution in [0.1, 0.15) is 6.23 Å². The number of rotatable bonds is 4. The van der Waals surface area contributed by atoms with Gasteiger partial charge in [-0.1, -0.05) is 0 Å². The second kappa shape index (κ2) is 9.02. The molecule has 25 heavy (non-hydrogen) atoms. The molecule has 126 valence electrons. The predicted octanol–water partition coefficient (Wildman–Crippen LogP) is -9.12. The van der Waals surface area contributed by atoms with Crippen molar-refractivity contribution >= 4 is 24.8 Å². The molecule has 0 aromatic carbocycles. The number of aliphatic hydroxyl groups excluding tert-OH is 2. The summed E-state index contributed by atoms with van der Waals surface area (Å²) in [6, 6.07) is 0. The van der Waals surface area contributed by atoms with Gasteiger partial charge < -0.3 is 39.6 Å². The number of anilines is 1. The summed E-state index contributed by atoms with van der Waals surface area (Å²) >= 11 is 0. The second-order valence-electron chi connectivity index (χ2n) is 4.87. The third-order valence-corrected chi connectivity index (χ3v) is 3.86. The average molecular weight is 391 g/mol. The summed E-state index contributed by atoms with van der Waals surface area (Å²) < 4.78 is 21.3. The van der Waals surface area contributed by atoms with Gasteiger partial charge in [-0.15, -0.1) is 0 Å². The van der Waals surface area contributed by atoms with Crippen molar-refractivity contribution in [2.75, 3.05) is 12.3 Å². The van der Waals surface area contributed by atoms with Gasteiger partial charge in [0.25, 0.3) is 0 Å². The van der Waals surface area contributed by atoms with Crippen LogP contribution in [0.15, 0.2) is 12.7 Å². The quantitative estimate of drug-likeness (QED) is 0.331. The Kier molecular flexibility index (Phi) is 8.44. The number of hydrogen-bond acceptors (Lipinski definition) is 11. The number of nitrogens with zero attached hydrogens (tertiary/aromatic N) is 4. The summed E-state index contributed by atoms with van der Waals surface area (Å²) in [5.41, 5.74) is 6.19. The van der Waals surface area contributed by atoms with Crippen LogP contribution in [-0.2, 0) is 13.8 Å². The summed E-state index contributed by atoms with van der Waals surface area (Å²) in [5.74, 6) is 0.125. The van der Waals surface area contributed by atoms with Crippen LogP contribution >= 0.6 is 7.82 Å². The Morgan fingerprint density at radius 3 is 2.60 bits per heavy atom. The Labute approximate surface area is 185 Å². The second-order valence-corrected chi connectivity index (χ2v) is 6.02. The van der Waals surface area contributed by atoms with E-state index in [-0.39, 0.29) is 76.1 Å². The molecule has 4 atom stereocenters. The van der Waals surface area contributed by atoms with Gasteiger partial charge in [0.1, 0.15) is 30.2 Å². The zero-order valence-electron chi connectivity index (χ0n) is 13.4. The van der Waals surface area contributed by atoms with Crippen molar-refractivity contribution in [3.05, 3.63) is 12.7 Å². The summed E-state index contributed by atoms with van der Waals surface area (Å²) in [6.07, 6.45) is -2.75. The maximum Gasteiger partial charge on any atom is 1.00 e. The first-order valence-electron chi connectivity index (χ1n) is 6.39. The molecule has 0 aliphatic carbocycles. The fourth-order valence-corrected chi connectivity index (χ4v) is 2.65. The predicted molar refractivity (Wildman–Crippen MR) is 69.2 cm³/mol.